The van der Waals surface area contributed by atoms with Gasteiger partial charge in [0.15, 0.2) is 5.78 Å². The number of hydrogen-bond donors (Lipinski definition) is 2. The molecule has 15 heavy (non-hydrogen) atoms. The molecule has 0 aliphatic heterocycles. The van der Waals surface area contributed by atoms with E-state index in [2.05, 4.69) is 10.9 Å². The number of benzene rings is 1. The highest BCUT2D eigenvalue weighted by Gasteiger charge is 2.03. The van der Waals surface area contributed by atoms with Crippen LogP contribution in [0.5, 0.6) is 0 Å². The highest BCUT2D eigenvalue weighted by Crippen LogP contribution is 2.02. The molecule has 0 atom stereocenters. The first-order valence-corrected chi connectivity index (χ1v) is 4.73. The van der Waals surface area contributed by atoms with Crippen molar-refractivity contribution in [3.05, 3.63) is 30.3 Å². The van der Waals surface area contributed by atoms with E-state index >= 15 is 0 Å². The van der Waals surface area contributed by atoms with E-state index in [1.54, 1.807) is 0 Å². The fraction of sp³-hybridized carbons (Fsp3) is 0.273. The smallest absolute Gasteiger partial charge is 0.155 e. The van der Waals surface area contributed by atoms with Gasteiger partial charge < -0.3 is 5.43 Å². The molecule has 1 aromatic carbocycles. The molecule has 4 nitrogen and oxygen atoms in total. The first-order valence-electron chi connectivity index (χ1n) is 4.73. The molecule has 0 unspecified atom stereocenters. The Morgan fingerprint density at radius 3 is 2.47 bits per heavy atom. The van der Waals surface area contributed by atoms with Crippen LogP contribution in [-0.2, 0) is 9.59 Å². The number of carbonyl (C=O) groups excluding carboxylic acids is 2. The third-order valence-electron chi connectivity index (χ3n) is 1.74. The second-order valence-corrected chi connectivity index (χ2v) is 3.26. The Labute approximate surface area is 88.6 Å². The standard InChI is InChI=1S/C11H14N2O2/c1-9(14)7-11(15)8-12-13-10-5-3-2-4-6-10/h2-6,12-13H,7-8H2,1H3. The first-order chi connectivity index (χ1) is 7.18. The monoisotopic (exact) mass is 206 g/mol. The molecule has 0 aliphatic rings. The summed E-state index contributed by atoms with van der Waals surface area (Å²) in [5.41, 5.74) is 6.50. The summed E-state index contributed by atoms with van der Waals surface area (Å²) in [6.07, 6.45) is -0.0104. The SMILES string of the molecule is CC(=O)CC(=O)CNNc1ccccc1. The van der Waals surface area contributed by atoms with Gasteiger partial charge in [-0.05, 0) is 19.1 Å². The van der Waals surface area contributed by atoms with Crippen molar-refractivity contribution in [2.75, 3.05) is 12.0 Å². The lowest BCUT2D eigenvalue weighted by molar-refractivity contribution is -0.125. The van der Waals surface area contributed by atoms with Crippen LogP contribution >= 0.6 is 0 Å². The summed E-state index contributed by atoms with van der Waals surface area (Å²) < 4.78 is 0. The number of ketones is 2. The van der Waals surface area contributed by atoms with E-state index in [1.807, 2.05) is 30.3 Å². The molecule has 1 aromatic rings. The molecule has 0 saturated heterocycles. The maximum atomic E-state index is 11.1. The Balaban J connectivity index is 2.22. The van der Waals surface area contributed by atoms with Crippen molar-refractivity contribution in [2.45, 2.75) is 13.3 Å². The highest BCUT2D eigenvalue weighted by molar-refractivity contribution is 5.98. The van der Waals surface area contributed by atoms with E-state index in [4.69, 9.17) is 0 Å². The Kier molecular flexibility index (Phi) is 4.50. The van der Waals surface area contributed by atoms with Crippen LogP contribution in [0.4, 0.5) is 5.69 Å². The van der Waals surface area contributed by atoms with E-state index < -0.39 is 0 Å². The van der Waals surface area contributed by atoms with Crippen LogP contribution in [0.15, 0.2) is 30.3 Å². The Morgan fingerprint density at radius 2 is 1.87 bits per heavy atom. The topological polar surface area (TPSA) is 58.2 Å². The average Bonchev–Trinajstić information content (AvgIpc) is 2.18. The van der Waals surface area contributed by atoms with Crippen molar-refractivity contribution in [3.8, 4) is 0 Å². The van der Waals surface area contributed by atoms with Gasteiger partial charge in [0.1, 0.15) is 5.78 Å². The summed E-state index contributed by atoms with van der Waals surface area (Å²) >= 11 is 0. The lowest BCUT2D eigenvalue weighted by Crippen LogP contribution is -2.29. The van der Waals surface area contributed by atoms with Crippen molar-refractivity contribution >= 4 is 17.3 Å². The van der Waals surface area contributed by atoms with Gasteiger partial charge in [0, 0.05) is 5.69 Å². The van der Waals surface area contributed by atoms with Crippen LogP contribution < -0.4 is 10.9 Å². The van der Waals surface area contributed by atoms with Crippen molar-refractivity contribution in [1.29, 1.82) is 0 Å². The van der Waals surface area contributed by atoms with Gasteiger partial charge in [0.2, 0.25) is 0 Å². The molecule has 0 heterocycles. The average molecular weight is 206 g/mol. The quantitative estimate of drug-likeness (QED) is 0.541. The van der Waals surface area contributed by atoms with E-state index in [-0.39, 0.29) is 24.5 Å². The fourth-order valence-corrected chi connectivity index (χ4v) is 1.11. The summed E-state index contributed by atoms with van der Waals surface area (Å²) in [7, 11) is 0. The Bertz CT molecular complexity index is 336. The predicted molar refractivity (Wildman–Crippen MR) is 58.4 cm³/mol. The largest absolute Gasteiger partial charge is 0.321 e. The van der Waals surface area contributed by atoms with Crippen molar-refractivity contribution in [2.24, 2.45) is 0 Å². The number of hydrogen-bond acceptors (Lipinski definition) is 4. The second-order valence-electron chi connectivity index (χ2n) is 3.26. The second kappa shape index (κ2) is 5.93. The van der Waals surface area contributed by atoms with E-state index in [1.165, 1.54) is 6.92 Å². The molecule has 1 rings (SSSR count). The Hall–Kier alpha value is -1.68. The summed E-state index contributed by atoms with van der Waals surface area (Å²) in [6.45, 7) is 1.55. The summed E-state index contributed by atoms with van der Waals surface area (Å²) in [5, 5.41) is 0. The van der Waals surface area contributed by atoms with E-state index in [0.717, 1.165) is 5.69 Å². The predicted octanol–water partition coefficient (Wildman–Crippen LogP) is 1.15. The molecule has 2 N–H and O–H groups in total. The summed E-state index contributed by atoms with van der Waals surface area (Å²) in [5.74, 6) is -0.229. The highest BCUT2D eigenvalue weighted by atomic mass is 16.1. The Morgan fingerprint density at radius 1 is 1.20 bits per heavy atom. The van der Waals surface area contributed by atoms with Crippen LogP contribution in [0, 0.1) is 0 Å². The van der Waals surface area contributed by atoms with E-state index in [0.29, 0.717) is 0 Å². The van der Waals surface area contributed by atoms with Gasteiger partial charge in [-0.2, -0.15) is 0 Å². The molecular formula is C11H14N2O2. The van der Waals surface area contributed by atoms with Crippen LogP contribution in [0.3, 0.4) is 0 Å². The molecule has 0 fully saturated rings. The minimum absolute atomic E-state index is 0.0104. The number of carbonyl (C=O) groups is 2. The zero-order valence-corrected chi connectivity index (χ0v) is 8.62. The minimum Gasteiger partial charge on any atom is -0.321 e. The maximum Gasteiger partial charge on any atom is 0.155 e. The summed E-state index contributed by atoms with van der Waals surface area (Å²) in [6, 6.07) is 9.44. The third-order valence-corrected chi connectivity index (χ3v) is 1.74. The molecule has 0 radical (unpaired) electrons. The van der Waals surface area contributed by atoms with E-state index in [9.17, 15) is 9.59 Å². The van der Waals surface area contributed by atoms with Crippen LogP contribution in [-0.4, -0.2) is 18.1 Å². The lowest BCUT2D eigenvalue weighted by atomic mass is 10.2. The van der Waals surface area contributed by atoms with Crippen molar-refractivity contribution in [1.82, 2.24) is 5.43 Å². The molecule has 0 aliphatic carbocycles. The third kappa shape index (κ3) is 4.93. The van der Waals surface area contributed by atoms with Gasteiger partial charge in [-0.3, -0.25) is 9.59 Å². The van der Waals surface area contributed by atoms with Gasteiger partial charge >= 0.3 is 0 Å². The molecule has 0 amide bonds. The maximum absolute atomic E-state index is 11.1. The minimum atomic E-state index is -0.120. The molecule has 0 aromatic heterocycles. The number of hydrazine groups is 1. The van der Waals surface area contributed by atoms with Crippen LogP contribution in [0.1, 0.15) is 13.3 Å². The zero-order chi connectivity index (χ0) is 11.1. The first kappa shape index (κ1) is 11.4. The summed E-state index contributed by atoms with van der Waals surface area (Å²) in [4.78, 5) is 21.7. The number of Topliss-reactive ketones (excluding diaryl/α,β-unsaturated/α-hetero) is 2. The normalized spacial score (nSPS) is 9.67. The molecular weight excluding hydrogens is 192 g/mol. The number of nitrogens with one attached hydrogen (secondary N) is 2. The zero-order valence-electron chi connectivity index (χ0n) is 8.62. The number of rotatable bonds is 6. The molecule has 4 heteroatoms. The fourth-order valence-electron chi connectivity index (χ4n) is 1.11. The van der Waals surface area contributed by atoms with Crippen LogP contribution in [0.25, 0.3) is 0 Å². The van der Waals surface area contributed by atoms with Gasteiger partial charge in [-0.1, -0.05) is 18.2 Å². The molecule has 0 bridgehead atoms. The van der Waals surface area contributed by atoms with Gasteiger partial charge in [-0.25, -0.2) is 5.43 Å². The van der Waals surface area contributed by atoms with Gasteiger partial charge in [0.25, 0.3) is 0 Å². The van der Waals surface area contributed by atoms with Crippen molar-refractivity contribution in [3.63, 3.8) is 0 Å². The van der Waals surface area contributed by atoms with Crippen molar-refractivity contribution < 1.29 is 9.59 Å². The number of para-hydroxylation sites is 1. The lowest BCUT2D eigenvalue weighted by Gasteiger charge is -2.06. The van der Waals surface area contributed by atoms with Gasteiger partial charge in [0.05, 0.1) is 13.0 Å². The molecule has 0 spiro atoms. The van der Waals surface area contributed by atoms with Crippen LogP contribution in [0.2, 0.25) is 0 Å². The molecule has 0 saturated carbocycles. The van der Waals surface area contributed by atoms with Gasteiger partial charge in [-0.15, -0.1) is 0 Å². The molecule has 80 valence electrons. The number of anilines is 1.